The number of nitrogens with one attached hydrogen (secondary N) is 2. The van der Waals surface area contributed by atoms with Crippen molar-refractivity contribution in [1.82, 2.24) is 10.9 Å². The number of fused-ring (bicyclic) bond motifs is 4. The topological polar surface area (TPSA) is 82.9 Å². The summed E-state index contributed by atoms with van der Waals surface area (Å²) < 4.78 is 0. The highest BCUT2D eigenvalue weighted by molar-refractivity contribution is 6.00. The van der Waals surface area contributed by atoms with E-state index in [-0.39, 0.29) is 11.8 Å². The fourth-order valence-electron chi connectivity index (χ4n) is 6.38. The van der Waals surface area contributed by atoms with Crippen molar-refractivity contribution >= 4 is 24.2 Å². The van der Waals surface area contributed by atoms with E-state index in [0.29, 0.717) is 24.2 Å². The summed E-state index contributed by atoms with van der Waals surface area (Å²) in [4.78, 5) is 25.4. The first kappa shape index (κ1) is 21.5. The molecule has 4 fully saturated rings. The molecule has 1 unspecified atom stereocenters. The van der Waals surface area contributed by atoms with Gasteiger partial charge in [-0.3, -0.25) is 9.59 Å². The number of hydrogen-bond donors (Lipinski definition) is 2. The number of carbonyl (C=O) groups is 2. The first-order valence-electron chi connectivity index (χ1n) is 12.2. The molecule has 4 bridgehead atoms. The second kappa shape index (κ2) is 9.61. The van der Waals surface area contributed by atoms with Crippen LogP contribution in [-0.2, 0) is 9.59 Å². The van der Waals surface area contributed by atoms with Gasteiger partial charge >= 0.3 is 0 Å². The van der Waals surface area contributed by atoms with Gasteiger partial charge in [0.25, 0.3) is 11.8 Å². The lowest BCUT2D eigenvalue weighted by atomic mass is 9.90. The second-order valence-electron chi connectivity index (χ2n) is 10.7. The van der Waals surface area contributed by atoms with Crippen molar-refractivity contribution in [3.05, 3.63) is 0 Å². The van der Waals surface area contributed by atoms with E-state index < -0.39 is 5.92 Å². The maximum atomic E-state index is 12.7. The Hall–Kier alpha value is -1.72. The standard InChI is InChI=1S/C24H38N4O2/c1-15(2)3-8-22(23(29)27-25-13-20-11-16-4-6-18(20)9-16)24(30)28-26-14-21-12-17-5-7-19(21)10-17/h13-22H,3-12H2,1-2H3,(H,27,29)(H,28,30)/b25-13-,26-14-/t16-,17+,18-,19-,20+,21+,22?/m1/s1. The molecule has 4 saturated carbocycles. The molecule has 0 aliphatic heterocycles. The van der Waals surface area contributed by atoms with Crippen LogP contribution >= 0.6 is 0 Å². The minimum Gasteiger partial charge on any atom is -0.272 e. The van der Waals surface area contributed by atoms with Crippen molar-refractivity contribution in [2.75, 3.05) is 0 Å². The van der Waals surface area contributed by atoms with Crippen molar-refractivity contribution in [3.8, 4) is 0 Å². The van der Waals surface area contributed by atoms with Crippen LogP contribution in [0.4, 0.5) is 0 Å². The fourth-order valence-corrected chi connectivity index (χ4v) is 6.38. The molecular weight excluding hydrogens is 376 g/mol. The summed E-state index contributed by atoms with van der Waals surface area (Å²) in [5.41, 5.74) is 5.29. The molecule has 0 saturated heterocycles. The number of carbonyl (C=O) groups excluding carboxylic acids is 2. The molecule has 30 heavy (non-hydrogen) atoms. The molecule has 0 aromatic heterocycles. The van der Waals surface area contributed by atoms with E-state index in [9.17, 15) is 9.59 Å². The molecule has 7 atom stereocenters. The zero-order valence-corrected chi connectivity index (χ0v) is 18.6. The van der Waals surface area contributed by atoms with E-state index in [1.807, 2.05) is 12.4 Å². The van der Waals surface area contributed by atoms with Crippen molar-refractivity contribution in [2.45, 2.75) is 78.1 Å². The summed E-state index contributed by atoms with van der Waals surface area (Å²) in [6, 6.07) is 0. The van der Waals surface area contributed by atoms with Crippen LogP contribution in [0.25, 0.3) is 0 Å². The van der Waals surface area contributed by atoms with Gasteiger partial charge in [-0.05, 0) is 92.8 Å². The van der Waals surface area contributed by atoms with Gasteiger partial charge in [-0.1, -0.05) is 26.7 Å². The third-order valence-electron chi connectivity index (χ3n) is 8.13. The van der Waals surface area contributed by atoms with Crippen LogP contribution in [0.1, 0.15) is 78.1 Å². The predicted octanol–water partition coefficient (Wildman–Crippen LogP) is 4.12. The Kier molecular flexibility index (Phi) is 6.89. The van der Waals surface area contributed by atoms with E-state index in [1.54, 1.807) is 0 Å². The van der Waals surface area contributed by atoms with Crippen molar-refractivity contribution in [3.63, 3.8) is 0 Å². The highest BCUT2D eigenvalue weighted by Gasteiger charge is 2.39. The molecule has 6 nitrogen and oxygen atoms in total. The normalized spacial score (nSPS) is 35.7. The van der Waals surface area contributed by atoms with Crippen LogP contribution in [0.3, 0.4) is 0 Å². The third kappa shape index (κ3) is 5.12. The number of rotatable bonds is 9. The summed E-state index contributed by atoms with van der Waals surface area (Å²) in [5.74, 6) is 3.18. The van der Waals surface area contributed by atoms with Crippen LogP contribution < -0.4 is 10.9 Å². The summed E-state index contributed by atoms with van der Waals surface area (Å²) in [6.45, 7) is 4.21. The fraction of sp³-hybridized carbons (Fsp3) is 0.833. The minimum atomic E-state index is -0.748. The molecule has 2 amide bonds. The molecule has 0 radical (unpaired) electrons. The van der Waals surface area contributed by atoms with Gasteiger partial charge in [0, 0.05) is 12.4 Å². The summed E-state index contributed by atoms with van der Waals surface area (Å²) >= 11 is 0. The Labute approximate surface area is 180 Å². The largest absolute Gasteiger partial charge is 0.272 e. The van der Waals surface area contributed by atoms with Crippen molar-refractivity contribution < 1.29 is 9.59 Å². The van der Waals surface area contributed by atoms with E-state index in [4.69, 9.17) is 0 Å². The number of hydrazone groups is 2. The number of hydrogen-bond acceptors (Lipinski definition) is 4. The van der Waals surface area contributed by atoms with Gasteiger partial charge < -0.3 is 0 Å². The van der Waals surface area contributed by atoms with E-state index in [0.717, 1.165) is 30.1 Å². The lowest BCUT2D eigenvalue weighted by Gasteiger charge is -2.18. The maximum Gasteiger partial charge on any atom is 0.252 e. The molecule has 2 N–H and O–H groups in total. The average molecular weight is 415 g/mol. The Morgan fingerprint density at radius 1 is 0.800 bits per heavy atom. The van der Waals surface area contributed by atoms with Gasteiger partial charge in [-0.2, -0.15) is 10.2 Å². The van der Waals surface area contributed by atoms with Crippen LogP contribution in [0.15, 0.2) is 10.2 Å². The zero-order valence-electron chi connectivity index (χ0n) is 18.6. The molecule has 0 spiro atoms. The molecule has 4 aliphatic rings. The SMILES string of the molecule is CC(C)CCC(C(=O)N/N=C\[C@@H]1C[C@@H]2CC[C@@H]1C2)C(=O)N/N=C\[C@@H]1C[C@H]2CC[C@@H]1C2. The van der Waals surface area contributed by atoms with Gasteiger partial charge in [0.2, 0.25) is 0 Å². The van der Waals surface area contributed by atoms with Crippen LogP contribution in [0.5, 0.6) is 0 Å². The van der Waals surface area contributed by atoms with Crippen LogP contribution in [-0.4, -0.2) is 24.2 Å². The quantitative estimate of drug-likeness (QED) is 0.338. The Morgan fingerprint density at radius 3 is 1.67 bits per heavy atom. The molecule has 4 rings (SSSR count). The van der Waals surface area contributed by atoms with Gasteiger partial charge in [-0.25, -0.2) is 10.9 Å². The molecule has 0 heterocycles. The highest BCUT2D eigenvalue weighted by atomic mass is 16.2. The maximum absolute atomic E-state index is 12.7. The predicted molar refractivity (Wildman–Crippen MR) is 119 cm³/mol. The molecule has 0 aromatic rings. The highest BCUT2D eigenvalue weighted by Crippen LogP contribution is 2.48. The van der Waals surface area contributed by atoms with E-state index in [2.05, 4.69) is 34.9 Å². The lowest BCUT2D eigenvalue weighted by Crippen LogP contribution is -2.38. The van der Waals surface area contributed by atoms with Crippen LogP contribution in [0.2, 0.25) is 0 Å². The van der Waals surface area contributed by atoms with Crippen molar-refractivity contribution in [1.29, 1.82) is 0 Å². The monoisotopic (exact) mass is 414 g/mol. The molecular formula is C24H38N4O2. The second-order valence-corrected chi connectivity index (χ2v) is 10.7. The van der Waals surface area contributed by atoms with Crippen LogP contribution in [0, 0.1) is 47.3 Å². The zero-order chi connectivity index (χ0) is 21.1. The number of nitrogens with zero attached hydrogens (tertiary/aromatic N) is 2. The summed E-state index contributed by atoms with van der Waals surface area (Å²) in [5, 5.41) is 8.46. The molecule has 6 heteroatoms. The molecule has 166 valence electrons. The van der Waals surface area contributed by atoms with Gasteiger partial charge in [0.05, 0.1) is 0 Å². The molecule has 0 aromatic carbocycles. The summed E-state index contributed by atoms with van der Waals surface area (Å²) in [7, 11) is 0. The van der Waals surface area contributed by atoms with Gasteiger partial charge in [0.15, 0.2) is 0 Å². The summed E-state index contributed by atoms with van der Waals surface area (Å²) in [6.07, 6.45) is 15.4. The lowest BCUT2D eigenvalue weighted by molar-refractivity contribution is -0.135. The Morgan fingerprint density at radius 2 is 1.30 bits per heavy atom. The Bertz CT molecular complexity index is 637. The smallest absolute Gasteiger partial charge is 0.252 e. The molecule has 4 aliphatic carbocycles. The Balaban J connectivity index is 1.28. The third-order valence-corrected chi connectivity index (χ3v) is 8.13. The number of amides is 2. The first-order chi connectivity index (χ1) is 14.5. The van der Waals surface area contributed by atoms with E-state index in [1.165, 1.54) is 51.4 Å². The first-order valence-corrected chi connectivity index (χ1v) is 12.2. The van der Waals surface area contributed by atoms with Crippen molar-refractivity contribution in [2.24, 2.45) is 57.5 Å². The van der Waals surface area contributed by atoms with Gasteiger partial charge in [0.1, 0.15) is 5.92 Å². The van der Waals surface area contributed by atoms with Gasteiger partial charge in [-0.15, -0.1) is 0 Å². The van der Waals surface area contributed by atoms with E-state index >= 15 is 0 Å². The minimum absolute atomic E-state index is 0.317. The average Bonchev–Trinajstić information content (AvgIpc) is 3.49.